The number of aliphatic carboxylic acids is 1. The molecule has 21 heavy (non-hydrogen) atoms. The predicted molar refractivity (Wildman–Crippen MR) is 83.9 cm³/mol. The van der Waals surface area contributed by atoms with E-state index < -0.39 is 5.97 Å². The third kappa shape index (κ3) is 5.08. The molecule has 0 spiro atoms. The number of hydrogen-bond donors (Lipinski definition) is 2. The second-order valence-corrected chi connectivity index (χ2v) is 5.77. The molecule has 2 rings (SSSR count). The van der Waals surface area contributed by atoms with E-state index in [2.05, 4.69) is 10.3 Å². The van der Waals surface area contributed by atoms with Crippen molar-refractivity contribution in [3.8, 4) is 5.75 Å². The number of aromatic nitrogens is 1. The molecule has 0 unspecified atom stereocenters. The largest absolute Gasteiger partial charge is 0.490 e. The Morgan fingerprint density at radius 3 is 3.00 bits per heavy atom. The van der Waals surface area contributed by atoms with Crippen LogP contribution in [0.25, 0.3) is 0 Å². The van der Waals surface area contributed by atoms with E-state index in [4.69, 9.17) is 33.0 Å². The average molecular weight is 347 g/mol. The van der Waals surface area contributed by atoms with E-state index in [-0.39, 0.29) is 6.42 Å². The number of nitrogens with zero attached hydrogens (tertiary/aromatic N) is 1. The lowest BCUT2D eigenvalue weighted by atomic mass is 10.3. The van der Waals surface area contributed by atoms with Crippen LogP contribution in [0.4, 0.5) is 5.13 Å². The summed E-state index contributed by atoms with van der Waals surface area (Å²) in [6.07, 6.45) is -0.0766. The first-order chi connectivity index (χ1) is 10.0. The van der Waals surface area contributed by atoms with Gasteiger partial charge in [-0.25, -0.2) is 4.98 Å². The van der Waals surface area contributed by atoms with Gasteiger partial charge < -0.3 is 15.2 Å². The van der Waals surface area contributed by atoms with Crippen molar-refractivity contribution in [2.45, 2.75) is 6.42 Å². The molecule has 8 heteroatoms. The Bertz CT molecular complexity index is 634. The van der Waals surface area contributed by atoms with Crippen molar-refractivity contribution in [3.05, 3.63) is 39.3 Å². The van der Waals surface area contributed by atoms with Gasteiger partial charge in [0.25, 0.3) is 0 Å². The molecule has 0 aliphatic heterocycles. The highest BCUT2D eigenvalue weighted by atomic mass is 35.5. The van der Waals surface area contributed by atoms with E-state index in [0.29, 0.717) is 39.8 Å². The standard InChI is InChI=1S/C13H12Cl2N2O3S/c14-8-1-2-10(15)11(5-8)20-4-3-16-13-17-9(7-21-13)6-12(18)19/h1-2,5,7H,3-4,6H2,(H,16,17)(H,18,19). The monoisotopic (exact) mass is 346 g/mol. The van der Waals surface area contributed by atoms with Crippen LogP contribution in [0.5, 0.6) is 5.75 Å². The highest BCUT2D eigenvalue weighted by Crippen LogP contribution is 2.27. The number of hydrogen-bond acceptors (Lipinski definition) is 5. The van der Waals surface area contributed by atoms with E-state index in [1.165, 1.54) is 11.3 Å². The summed E-state index contributed by atoms with van der Waals surface area (Å²) >= 11 is 13.2. The van der Waals surface area contributed by atoms with Gasteiger partial charge in [-0.1, -0.05) is 23.2 Å². The summed E-state index contributed by atoms with van der Waals surface area (Å²) < 4.78 is 5.51. The van der Waals surface area contributed by atoms with Gasteiger partial charge in [-0.05, 0) is 12.1 Å². The molecule has 0 fully saturated rings. The number of ether oxygens (including phenoxy) is 1. The average Bonchev–Trinajstić information content (AvgIpc) is 2.85. The first kappa shape index (κ1) is 15.9. The molecule has 0 amide bonds. The highest BCUT2D eigenvalue weighted by molar-refractivity contribution is 7.13. The van der Waals surface area contributed by atoms with E-state index in [0.717, 1.165) is 0 Å². The summed E-state index contributed by atoms with van der Waals surface area (Å²) in [5.74, 6) is -0.373. The molecular weight excluding hydrogens is 335 g/mol. The van der Waals surface area contributed by atoms with Gasteiger partial charge in [0.1, 0.15) is 12.4 Å². The van der Waals surface area contributed by atoms with Crippen molar-refractivity contribution in [2.75, 3.05) is 18.5 Å². The lowest BCUT2D eigenvalue weighted by Crippen LogP contribution is -2.11. The third-order valence-electron chi connectivity index (χ3n) is 2.41. The fourth-order valence-corrected chi connectivity index (χ4v) is 2.60. The number of thiazole rings is 1. The summed E-state index contributed by atoms with van der Waals surface area (Å²) in [5, 5.41) is 15.1. The van der Waals surface area contributed by atoms with Gasteiger partial charge in [0.2, 0.25) is 0 Å². The number of halogens is 2. The number of nitrogens with one attached hydrogen (secondary N) is 1. The minimum absolute atomic E-state index is 0.0766. The van der Waals surface area contributed by atoms with Crippen LogP contribution in [0.2, 0.25) is 10.0 Å². The molecule has 112 valence electrons. The quantitative estimate of drug-likeness (QED) is 0.750. The Morgan fingerprint density at radius 1 is 1.43 bits per heavy atom. The Balaban J connectivity index is 1.78. The molecule has 0 saturated carbocycles. The van der Waals surface area contributed by atoms with Crippen molar-refractivity contribution in [1.82, 2.24) is 4.98 Å². The first-order valence-corrected chi connectivity index (χ1v) is 7.66. The Kier molecular flexibility index (Phi) is 5.67. The van der Waals surface area contributed by atoms with Crippen molar-refractivity contribution in [3.63, 3.8) is 0 Å². The van der Waals surface area contributed by atoms with Gasteiger partial charge in [-0.3, -0.25) is 4.79 Å². The molecule has 1 aromatic carbocycles. The maximum atomic E-state index is 10.6. The lowest BCUT2D eigenvalue weighted by molar-refractivity contribution is -0.136. The summed E-state index contributed by atoms with van der Waals surface area (Å²) in [7, 11) is 0. The number of carboxylic acid groups (broad SMARTS) is 1. The summed E-state index contributed by atoms with van der Waals surface area (Å²) in [5.41, 5.74) is 0.536. The zero-order valence-corrected chi connectivity index (χ0v) is 13.1. The minimum atomic E-state index is -0.897. The number of carbonyl (C=O) groups is 1. The number of carboxylic acids is 1. The summed E-state index contributed by atoms with van der Waals surface area (Å²) in [6.45, 7) is 0.900. The second kappa shape index (κ2) is 7.49. The van der Waals surface area contributed by atoms with Crippen molar-refractivity contribution in [1.29, 1.82) is 0 Å². The number of anilines is 1. The normalized spacial score (nSPS) is 10.4. The Labute approximate surface area is 135 Å². The highest BCUT2D eigenvalue weighted by Gasteiger charge is 2.06. The van der Waals surface area contributed by atoms with Crippen LogP contribution in [-0.2, 0) is 11.2 Å². The van der Waals surface area contributed by atoms with Gasteiger partial charge in [-0.15, -0.1) is 11.3 Å². The van der Waals surface area contributed by atoms with E-state index in [9.17, 15) is 4.79 Å². The molecule has 1 heterocycles. The fraction of sp³-hybridized carbons (Fsp3) is 0.231. The van der Waals surface area contributed by atoms with Crippen LogP contribution < -0.4 is 10.1 Å². The zero-order chi connectivity index (χ0) is 15.2. The summed E-state index contributed by atoms with van der Waals surface area (Å²) in [6, 6.07) is 5.01. The van der Waals surface area contributed by atoms with Crippen LogP contribution in [0.1, 0.15) is 5.69 Å². The third-order valence-corrected chi connectivity index (χ3v) is 3.81. The zero-order valence-electron chi connectivity index (χ0n) is 10.8. The first-order valence-electron chi connectivity index (χ1n) is 6.02. The van der Waals surface area contributed by atoms with Crippen molar-refractivity contribution in [2.24, 2.45) is 0 Å². The predicted octanol–water partition coefficient (Wildman–Crippen LogP) is 3.57. The molecule has 2 N–H and O–H groups in total. The molecule has 0 aliphatic rings. The van der Waals surface area contributed by atoms with Gasteiger partial charge in [0.15, 0.2) is 5.13 Å². The van der Waals surface area contributed by atoms with Crippen LogP contribution in [0, 0.1) is 0 Å². The van der Waals surface area contributed by atoms with Crippen molar-refractivity contribution >= 4 is 45.6 Å². The molecule has 1 aromatic heterocycles. The van der Waals surface area contributed by atoms with Crippen LogP contribution in [0.15, 0.2) is 23.6 Å². The van der Waals surface area contributed by atoms with Gasteiger partial charge in [-0.2, -0.15) is 0 Å². The van der Waals surface area contributed by atoms with Gasteiger partial charge >= 0.3 is 5.97 Å². The maximum absolute atomic E-state index is 10.6. The van der Waals surface area contributed by atoms with E-state index in [1.807, 2.05) is 0 Å². The molecule has 2 aromatic rings. The SMILES string of the molecule is O=C(O)Cc1csc(NCCOc2cc(Cl)ccc2Cl)n1. The van der Waals surface area contributed by atoms with Gasteiger partial charge in [0.05, 0.1) is 23.7 Å². The van der Waals surface area contributed by atoms with E-state index in [1.54, 1.807) is 23.6 Å². The van der Waals surface area contributed by atoms with E-state index >= 15 is 0 Å². The number of rotatable bonds is 7. The molecular formula is C13H12Cl2N2O3S. The molecule has 0 saturated heterocycles. The maximum Gasteiger partial charge on any atom is 0.309 e. The molecule has 5 nitrogen and oxygen atoms in total. The molecule has 0 radical (unpaired) electrons. The Morgan fingerprint density at radius 2 is 2.24 bits per heavy atom. The minimum Gasteiger partial charge on any atom is -0.490 e. The molecule has 0 atom stereocenters. The Hall–Kier alpha value is -1.50. The topological polar surface area (TPSA) is 71.5 Å². The van der Waals surface area contributed by atoms with Crippen LogP contribution >= 0.6 is 34.5 Å². The van der Waals surface area contributed by atoms with Crippen LogP contribution in [0.3, 0.4) is 0 Å². The van der Waals surface area contributed by atoms with Gasteiger partial charge in [0, 0.05) is 16.5 Å². The van der Waals surface area contributed by atoms with Crippen molar-refractivity contribution < 1.29 is 14.6 Å². The second-order valence-electron chi connectivity index (χ2n) is 4.06. The summed E-state index contributed by atoms with van der Waals surface area (Å²) in [4.78, 5) is 14.7. The number of benzene rings is 1. The fourth-order valence-electron chi connectivity index (χ4n) is 1.53. The molecule has 0 bridgehead atoms. The smallest absolute Gasteiger partial charge is 0.309 e. The lowest BCUT2D eigenvalue weighted by Gasteiger charge is -2.08. The van der Waals surface area contributed by atoms with Crippen LogP contribution in [-0.4, -0.2) is 29.2 Å². The molecule has 0 aliphatic carbocycles.